The lowest BCUT2D eigenvalue weighted by Crippen LogP contribution is -2.08. The van der Waals surface area contributed by atoms with Gasteiger partial charge in [-0.1, -0.05) is 0 Å². The molecule has 6 heteroatoms. The summed E-state index contributed by atoms with van der Waals surface area (Å²) in [5.74, 6) is 1.73. The highest BCUT2D eigenvalue weighted by Gasteiger charge is 2.10. The van der Waals surface area contributed by atoms with Crippen LogP contribution in [0.1, 0.15) is 5.76 Å². The van der Waals surface area contributed by atoms with Crippen LogP contribution in [0.2, 0.25) is 0 Å². The Bertz CT molecular complexity index is 728. The van der Waals surface area contributed by atoms with E-state index in [1.165, 1.54) is 17.4 Å². The van der Waals surface area contributed by atoms with Gasteiger partial charge in [0.1, 0.15) is 16.5 Å². The molecule has 3 aromatic heterocycles. The largest absolute Gasteiger partial charge is 0.458 e. The molecular formula is C12H9N3O2S. The number of thiazole rings is 1. The summed E-state index contributed by atoms with van der Waals surface area (Å²) in [6.07, 6.45) is 1.68. The lowest BCUT2D eigenvalue weighted by atomic mass is 10.3. The van der Waals surface area contributed by atoms with E-state index in [9.17, 15) is 4.79 Å². The minimum atomic E-state index is -0.223. The highest BCUT2D eigenvalue weighted by molar-refractivity contribution is 7.13. The number of aromatic amines is 1. The molecule has 0 aliphatic carbocycles. The van der Waals surface area contributed by atoms with E-state index in [2.05, 4.69) is 15.0 Å². The first-order valence-electron chi connectivity index (χ1n) is 5.30. The lowest BCUT2D eigenvalue weighted by Gasteiger charge is -1.99. The van der Waals surface area contributed by atoms with E-state index < -0.39 is 0 Å². The molecule has 0 unspecified atom stereocenters. The molecule has 0 atom stereocenters. The van der Waals surface area contributed by atoms with Gasteiger partial charge in [0.2, 0.25) is 0 Å². The zero-order chi connectivity index (χ0) is 12.5. The summed E-state index contributed by atoms with van der Waals surface area (Å²) in [4.78, 5) is 22.8. The zero-order valence-corrected chi connectivity index (χ0v) is 10.3. The molecule has 0 saturated carbocycles. The van der Waals surface area contributed by atoms with Crippen molar-refractivity contribution in [3.05, 3.63) is 45.9 Å². The predicted molar refractivity (Wildman–Crippen MR) is 68.4 cm³/mol. The number of aromatic nitrogens is 3. The van der Waals surface area contributed by atoms with E-state index in [0.29, 0.717) is 22.3 Å². The fourth-order valence-corrected chi connectivity index (χ4v) is 2.19. The Kier molecular flexibility index (Phi) is 2.56. The fraction of sp³-hybridized carbons (Fsp3) is 0.0833. The van der Waals surface area contributed by atoms with Gasteiger partial charge < -0.3 is 9.40 Å². The standard InChI is InChI=1S/C12H9N3O2S/c1-7-2-3-9(17-7)11-14-8(6-10(16)15-11)12-13-4-5-18-12/h2-6H,1H3,(H,14,15,16). The number of hydrogen-bond donors (Lipinski definition) is 1. The summed E-state index contributed by atoms with van der Waals surface area (Å²) in [5, 5.41) is 2.56. The Morgan fingerprint density at radius 3 is 2.94 bits per heavy atom. The molecule has 0 saturated heterocycles. The van der Waals surface area contributed by atoms with Crippen LogP contribution in [-0.2, 0) is 0 Å². The quantitative estimate of drug-likeness (QED) is 0.767. The van der Waals surface area contributed by atoms with Gasteiger partial charge in [-0.05, 0) is 19.1 Å². The fourth-order valence-electron chi connectivity index (χ4n) is 1.60. The molecule has 1 N–H and O–H groups in total. The summed E-state index contributed by atoms with van der Waals surface area (Å²) < 4.78 is 5.45. The summed E-state index contributed by atoms with van der Waals surface area (Å²) in [6, 6.07) is 5.03. The number of furan rings is 1. The van der Waals surface area contributed by atoms with Crippen molar-refractivity contribution in [3.8, 4) is 22.3 Å². The number of hydrogen-bond acceptors (Lipinski definition) is 5. The van der Waals surface area contributed by atoms with Gasteiger partial charge in [0.25, 0.3) is 5.56 Å². The number of aryl methyl sites for hydroxylation is 1. The molecule has 0 aliphatic rings. The van der Waals surface area contributed by atoms with Crippen LogP contribution in [-0.4, -0.2) is 15.0 Å². The van der Waals surface area contributed by atoms with Crippen molar-refractivity contribution in [1.82, 2.24) is 15.0 Å². The van der Waals surface area contributed by atoms with Crippen LogP contribution < -0.4 is 5.56 Å². The average molecular weight is 259 g/mol. The minimum absolute atomic E-state index is 0.223. The van der Waals surface area contributed by atoms with Crippen LogP contribution in [0.3, 0.4) is 0 Å². The molecule has 0 aromatic carbocycles. The van der Waals surface area contributed by atoms with Crippen molar-refractivity contribution in [2.24, 2.45) is 0 Å². The van der Waals surface area contributed by atoms with E-state index >= 15 is 0 Å². The maximum absolute atomic E-state index is 11.6. The van der Waals surface area contributed by atoms with Gasteiger partial charge in [0, 0.05) is 17.6 Å². The number of nitrogens with zero attached hydrogens (tertiary/aromatic N) is 2. The van der Waals surface area contributed by atoms with E-state index in [4.69, 9.17) is 4.42 Å². The van der Waals surface area contributed by atoms with Gasteiger partial charge in [-0.3, -0.25) is 4.79 Å². The van der Waals surface area contributed by atoms with Gasteiger partial charge in [-0.25, -0.2) is 9.97 Å². The predicted octanol–water partition coefficient (Wildman–Crippen LogP) is 2.46. The van der Waals surface area contributed by atoms with Gasteiger partial charge in [-0.15, -0.1) is 11.3 Å². The third-order valence-electron chi connectivity index (χ3n) is 2.37. The molecule has 0 spiro atoms. The second-order valence-corrected chi connectivity index (χ2v) is 4.62. The second-order valence-electron chi connectivity index (χ2n) is 3.73. The van der Waals surface area contributed by atoms with Crippen LogP contribution in [0.5, 0.6) is 0 Å². The molecule has 0 fully saturated rings. The topological polar surface area (TPSA) is 71.8 Å². The first-order valence-corrected chi connectivity index (χ1v) is 6.18. The van der Waals surface area contributed by atoms with Crippen molar-refractivity contribution in [1.29, 1.82) is 0 Å². The molecule has 0 bridgehead atoms. The van der Waals surface area contributed by atoms with Crippen molar-refractivity contribution in [3.63, 3.8) is 0 Å². The van der Waals surface area contributed by atoms with Crippen molar-refractivity contribution < 1.29 is 4.42 Å². The maximum Gasteiger partial charge on any atom is 0.251 e. The Hall–Kier alpha value is -2.21. The zero-order valence-electron chi connectivity index (χ0n) is 9.51. The van der Waals surface area contributed by atoms with Gasteiger partial charge in [0.05, 0.1) is 0 Å². The number of nitrogens with one attached hydrogen (secondary N) is 1. The summed E-state index contributed by atoms with van der Waals surface area (Å²) in [6.45, 7) is 1.84. The Morgan fingerprint density at radius 2 is 2.28 bits per heavy atom. The molecule has 3 rings (SSSR count). The van der Waals surface area contributed by atoms with E-state index in [-0.39, 0.29) is 5.56 Å². The third-order valence-corrected chi connectivity index (χ3v) is 3.16. The van der Waals surface area contributed by atoms with Crippen molar-refractivity contribution >= 4 is 11.3 Å². The molecule has 0 aliphatic heterocycles. The first kappa shape index (κ1) is 10.9. The Labute approximate surface area is 106 Å². The van der Waals surface area contributed by atoms with E-state index in [1.807, 2.05) is 18.4 Å². The van der Waals surface area contributed by atoms with E-state index in [1.54, 1.807) is 12.3 Å². The molecule has 90 valence electrons. The van der Waals surface area contributed by atoms with E-state index in [0.717, 1.165) is 5.76 Å². The molecule has 3 aromatic rings. The SMILES string of the molecule is Cc1ccc(-c2nc(-c3nccs3)cc(=O)[nH]2)o1. The molecule has 18 heavy (non-hydrogen) atoms. The Morgan fingerprint density at radius 1 is 1.39 bits per heavy atom. The van der Waals surface area contributed by atoms with Gasteiger partial charge in [0.15, 0.2) is 11.6 Å². The van der Waals surface area contributed by atoms with Crippen molar-refractivity contribution in [2.75, 3.05) is 0 Å². The summed E-state index contributed by atoms with van der Waals surface area (Å²) >= 11 is 1.44. The minimum Gasteiger partial charge on any atom is -0.458 e. The van der Waals surface area contributed by atoms with Crippen molar-refractivity contribution in [2.45, 2.75) is 6.92 Å². The smallest absolute Gasteiger partial charge is 0.251 e. The van der Waals surface area contributed by atoms with Crippen LogP contribution in [0.15, 0.2) is 39.0 Å². The summed E-state index contributed by atoms with van der Waals surface area (Å²) in [7, 11) is 0. The average Bonchev–Trinajstić information content (AvgIpc) is 2.98. The molecule has 3 heterocycles. The second kappa shape index (κ2) is 4.23. The number of H-pyrrole nitrogens is 1. The van der Waals surface area contributed by atoms with Crippen LogP contribution in [0, 0.1) is 6.92 Å². The number of rotatable bonds is 2. The normalized spacial score (nSPS) is 10.7. The highest BCUT2D eigenvalue weighted by Crippen LogP contribution is 2.22. The third kappa shape index (κ3) is 1.98. The van der Waals surface area contributed by atoms with Gasteiger partial charge >= 0.3 is 0 Å². The first-order chi connectivity index (χ1) is 8.72. The molecule has 0 radical (unpaired) electrons. The molecular weight excluding hydrogens is 250 g/mol. The highest BCUT2D eigenvalue weighted by atomic mass is 32.1. The van der Waals surface area contributed by atoms with Gasteiger partial charge in [-0.2, -0.15) is 0 Å². The van der Waals surface area contributed by atoms with Crippen LogP contribution >= 0.6 is 11.3 Å². The monoisotopic (exact) mass is 259 g/mol. The van der Waals surface area contributed by atoms with Crippen LogP contribution in [0.25, 0.3) is 22.3 Å². The summed E-state index contributed by atoms with van der Waals surface area (Å²) in [5.41, 5.74) is 0.331. The van der Waals surface area contributed by atoms with Crippen LogP contribution in [0.4, 0.5) is 0 Å². The Balaban J connectivity index is 2.15. The molecule has 5 nitrogen and oxygen atoms in total. The lowest BCUT2D eigenvalue weighted by molar-refractivity contribution is 0.544. The maximum atomic E-state index is 11.6. The molecule has 0 amide bonds.